The highest BCUT2D eigenvalue weighted by Gasteiger charge is 2.02. The highest BCUT2D eigenvalue weighted by molar-refractivity contribution is 9.10. The van der Waals surface area contributed by atoms with E-state index in [1.54, 1.807) is 0 Å². The highest BCUT2D eigenvalue weighted by Crippen LogP contribution is 2.17. The molecule has 0 bridgehead atoms. The quantitative estimate of drug-likeness (QED) is 0.833. The zero-order chi connectivity index (χ0) is 11.1. The Morgan fingerprint density at radius 2 is 2.20 bits per heavy atom. The van der Waals surface area contributed by atoms with Crippen molar-refractivity contribution in [2.45, 2.75) is 18.9 Å². The lowest BCUT2D eigenvalue weighted by Crippen LogP contribution is -2.16. The zero-order valence-corrected chi connectivity index (χ0v) is 10.1. The van der Waals surface area contributed by atoms with E-state index >= 15 is 0 Å². The predicted octanol–water partition coefficient (Wildman–Crippen LogP) is 1.93. The van der Waals surface area contributed by atoms with Gasteiger partial charge in [0.15, 0.2) is 0 Å². The lowest BCUT2D eigenvalue weighted by molar-refractivity contribution is 0.133. The van der Waals surface area contributed by atoms with Gasteiger partial charge in [-0.2, -0.15) is 0 Å². The number of hydrogen-bond acceptors (Lipinski definition) is 3. The van der Waals surface area contributed by atoms with Crippen LogP contribution in [0.3, 0.4) is 0 Å². The molecule has 0 aliphatic rings. The van der Waals surface area contributed by atoms with Crippen LogP contribution in [0.4, 0.5) is 0 Å². The van der Waals surface area contributed by atoms with E-state index in [1.807, 2.05) is 24.3 Å². The van der Waals surface area contributed by atoms with Gasteiger partial charge in [-0.1, -0.05) is 22.0 Å². The smallest absolute Gasteiger partial charge is 0.120 e. The molecule has 1 aromatic carbocycles. The summed E-state index contributed by atoms with van der Waals surface area (Å²) in [5, 5.41) is 9.41. The molecule has 0 heterocycles. The van der Waals surface area contributed by atoms with Gasteiger partial charge in [0, 0.05) is 10.9 Å². The van der Waals surface area contributed by atoms with Gasteiger partial charge in [0.25, 0.3) is 0 Å². The van der Waals surface area contributed by atoms with Crippen molar-refractivity contribution in [1.82, 2.24) is 0 Å². The molecule has 3 N–H and O–H groups in total. The van der Waals surface area contributed by atoms with E-state index in [1.165, 1.54) is 0 Å². The van der Waals surface area contributed by atoms with Crippen molar-refractivity contribution in [3.8, 4) is 5.75 Å². The zero-order valence-electron chi connectivity index (χ0n) is 8.53. The van der Waals surface area contributed by atoms with Crippen LogP contribution in [0, 0.1) is 0 Å². The Balaban J connectivity index is 2.25. The van der Waals surface area contributed by atoms with Crippen LogP contribution in [0.15, 0.2) is 28.7 Å². The molecule has 1 unspecified atom stereocenters. The lowest BCUT2D eigenvalue weighted by Gasteiger charge is -2.10. The molecule has 0 fully saturated rings. The largest absolute Gasteiger partial charge is 0.493 e. The van der Waals surface area contributed by atoms with Crippen molar-refractivity contribution in [1.29, 1.82) is 0 Å². The van der Waals surface area contributed by atoms with Crippen molar-refractivity contribution < 1.29 is 9.84 Å². The number of ether oxygens (including phenoxy) is 1. The molecule has 3 nitrogen and oxygen atoms in total. The number of aliphatic hydroxyl groups excluding tert-OH is 1. The highest BCUT2D eigenvalue weighted by atomic mass is 79.9. The first-order valence-corrected chi connectivity index (χ1v) is 5.78. The first kappa shape index (κ1) is 12.5. The van der Waals surface area contributed by atoms with Crippen molar-refractivity contribution in [3.05, 3.63) is 28.7 Å². The van der Waals surface area contributed by atoms with Gasteiger partial charge in [-0.25, -0.2) is 0 Å². The van der Waals surface area contributed by atoms with Crippen LogP contribution in [0.2, 0.25) is 0 Å². The molecule has 1 rings (SSSR count). The molecular weight excluding hydrogens is 258 g/mol. The maximum Gasteiger partial charge on any atom is 0.120 e. The molecular formula is C11H16BrNO2. The molecule has 15 heavy (non-hydrogen) atoms. The minimum Gasteiger partial charge on any atom is -0.493 e. The molecule has 0 radical (unpaired) electrons. The Morgan fingerprint density at radius 3 is 2.87 bits per heavy atom. The van der Waals surface area contributed by atoms with E-state index in [-0.39, 0.29) is 6.10 Å². The van der Waals surface area contributed by atoms with Gasteiger partial charge in [0.05, 0.1) is 12.7 Å². The normalized spacial score (nSPS) is 12.5. The van der Waals surface area contributed by atoms with E-state index in [9.17, 15) is 5.11 Å². The topological polar surface area (TPSA) is 55.5 Å². The van der Waals surface area contributed by atoms with Crippen LogP contribution < -0.4 is 10.5 Å². The monoisotopic (exact) mass is 273 g/mol. The van der Waals surface area contributed by atoms with Crippen molar-refractivity contribution in [2.24, 2.45) is 5.73 Å². The third-order valence-corrected chi connectivity index (χ3v) is 2.51. The molecule has 0 aliphatic heterocycles. The number of benzene rings is 1. The van der Waals surface area contributed by atoms with Crippen LogP contribution in [0.5, 0.6) is 5.75 Å². The molecule has 1 atom stereocenters. The Labute approximate surface area is 98.4 Å². The molecule has 0 aliphatic carbocycles. The van der Waals surface area contributed by atoms with E-state index in [0.29, 0.717) is 26.0 Å². The van der Waals surface area contributed by atoms with Crippen LogP contribution in [0.25, 0.3) is 0 Å². The first-order valence-electron chi connectivity index (χ1n) is 4.99. The number of nitrogens with two attached hydrogens (primary N) is 1. The summed E-state index contributed by atoms with van der Waals surface area (Å²) >= 11 is 3.36. The summed E-state index contributed by atoms with van der Waals surface area (Å²) in [5.41, 5.74) is 5.33. The van der Waals surface area contributed by atoms with Crippen molar-refractivity contribution in [2.75, 3.05) is 13.2 Å². The predicted molar refractivity (Wildman–Crippen MR) is 63.9 cm³/mol. The SMILES string of the molecule is NCCC(O)CCOc1cccc(Br)c1. The van der Waals surface area contributed by atoms with Crippen molar-refractivity contribution >= 4 is 15.9 Å². The Morgan fingerprint density at radius 1 is 1.40 bits per heavy atom. The molecule has 0 spiro atoms. The van der Waals surface area contributed by atoms with E-state index in [0.717, 1.165) is 10.2 Å². The summed E-state index contributed by atoms with van der Waals surface area (Å²) in [7, 11) is 0. The van der Waals surface area contributed by atoms with E-state index in [2.05, 4.69) is 15.9 Å². The number of hydrogen-bond donors (Lipinski definition) is 2. The van der Waals surface area contributed by atoms with E-state index in [4.69, 9.17) is 10.5 Å². The second-order valence-electron chi connectivity index (χ2n) is 3.33. The standard InChI is InChI=1S/C11H16BrNO2/c12-9-2-1-3-11(8-9)15-7-5-10(14)4-6-13/h1-3,8,10,14H,4-7,13H2. The Hall–Kier alpha value is -0.580. The van der Waals surface area contributed by atoms with Crippen LogP contribution in [0.1, 0.15) is 12.8 Å². The van der Waals surface area contributed by atoms with Gasteiger partial charge < -0.3 is 15.6 Å². The minimum atomic E-state index is -0.359. The molecule has 0 amide bonds. The van der Waals surface area contributed by atoms with Crippen LogP contribution >= 0.6 is 15.9 Å². The van der Waals surface area contributed by atoms with E-state index < -0.39 is 0 Å². The fraction of sp³-hybridized carbons (Fsp3) is 0.455. The van der Waals surface area contributed by atoms with Gasteiger partial charge in [0.1, 0.15) is 5.75 Å². The first-order chi connectivity index (χ1) is 7.22. The maximum absolute atomic E-state index is 9.41. The van der Waals surface area contributed by atoms with Crippen LogP contribution in [-0.2, 0) is 0 Å². The third-order valence-electron chi connectivity index (χ3n) is 2.02. The number of rotatable bonds is 6. The summed E-state index contributed by atoms with van der Waals surface area (Å²) in [5.74, 6) is 0.810. The second-order valence-corrected chi connectivity index (χ2v) is 4.24. The molecule has 4 heteroatoms. The minimum absolute atomic E-state index is 0.359. The summed E-state index contributed by atoms with van der Waals surface area (Å²) in [6.45, 7) is 1.02. The molecule has 0 saturated carbocycles. The second kappa shape index (κ2) is 6.82. The van der Waals surface area contributed by atoms with Gasteiger partial charge in [0.2, 0.25) is 0 Å². The third kappa shape index (κ3) is 5.16. The van der Waals surface area contributed by atoms with Crippen molar-refractivity contribution in [3.63, 3.8) is 0 Å². The summed E-state index contributed by atoms with van der Waals surface area (Å²) < 4.78 is 6.46. The van der Waals surface area contributed by atoms with Gasteiger partial charge in [-0.05, 0) is 31.2 Å². The van der Waals surface area contributed by atoms with Gasteiger partial charge in [-0.15, -0.1) is 0 Å². The summed E-state index contributed by atoms with van der Waals surface area (Å²) in [6, 6.07) is 7.64. The average Bonchev–Trinajstić information content (AvgIpc) is 2.18. The fourth-order valence-electron chi connectivity index (χ4n) is 1.21. The fourth-order valence-corrected chi connectivity index (χ4v) is 1.58. The maximum atomic E-state index is 9.41. The summed E-state index contributed by atoms with van der Waals surface area (Å²) in [6.07, 6.45) is 0.883. The number of aliphatic hydroxyl groups is 1. The number of halogens is 1. The Bertz CT molecular complexity index is 294. The van der Waals surface area contributed by atoms with Gasteiger partial charge >= 0.3 is 0 Å². The van der Waals surface area contributed by atoms with Gasteiger partial charge in [-0.3, -0.25) is 0 Å². The molecule has 84 valence electrons. The average molecular weight is 274 g/mol. The Kier molecular flexibility index (Phi) is 5.68. The van der Waals surface area contributed by atoms with Crippen LogP contribution in [-0.4, -0.2) is 24.4 Å². The molecule has 1 aromatic rings. The molecule has 0 aromatic heterocycles. The lowest BCUT2D eigenvalue weighted by atomic mass is 10.2. The summed E-state index contributed by atoms with van der Waals surface area (Å²) in [4.78, 5) is 0. The molecule has 0 saturated heterocycles.